The summed E-state index contributed by atoms with van der Waals surface area (Å²) in [6.45, 7) is 1.90. The Kier molecular flexibility index (Phi) is 5.00. The Labute approximate surface area is 128 Å². The lowest BCUT2D eigenvalue weighted by atomic mass is 10.1. The van der Waals surface area contributed by atoms with E-state index in [2.05, 4.69) is 15.6 Å². The molecule has 1 atom stereocenters. The Balaban J connectivity index is 1.92. The molecule has 2 rings (SSSR count). The van der Waals surface area contributed by atoms with Crippen LogP contribution < -0.4 is 15.4 Å². The van der Waals surface area contributed by atoms with Crippen molar-refractivity contribution in [1.82, 2.24) is 10.3 Å². The predicted molar refractivity (Wildman–Crippen MR) is 82.8 cm³/mol. The number of ether oxygens (including phenoxy) is 1. The molecule has 0 aliphatic carbocycles. The van der Waals surface area contributed by atoms with E-state index in [4.69, 9.17) is 16.3 Å². The monoisotopic (exact) mass is 305 g/mol. The Bertz CT molecular complexity index is 599. The minimum absolute atomic E-state index is 0.131. The molecule has 0 saturated heterocycles. The van der Waals surface area contributed by atoms with Crippen LogP contribution >= 0.6 is 11.6 Å². The molecule has 1 aromatic heterocycles. The van der Waals surface area contributed by atoms with Gasteiger partial charge in [-0.15, -0.1) is 0 Å². The number of benzene rings is 1. The number of methoxy groups -OCH3 is 1. The van der Waals surface area contributed by atoms with Gasteiger partial charge in [-0.2, -0.15) is 0 Å². The summed E-state index contributed by atoms with van der Waals surface area (Å²) >= 11 is 5.84. The van der Waals surface area contributed by atoms with Crippen LogP contribution in [0.5, 0.6) is 5.88 Å². The molecule has 2 amide bonds. The van der Waals surface area contributed by atoms with Crippen molar-refractivity contribution in [3.63, 3.8) is 0 Å². The van der Waals surface area contributed by atoms with Gasteiger partial charge in [-0.05, 0) is 30.7 Å². The van der Waals surface area contributed by atoms with Crippen LogP contribution in [0, 0.1) is 0 Å². The zero-order valence-electron chi connectivity index (χ0n) is 11.8. The summed E-state index contributed by atoms with van der Waals surface area (Å²) in [5.74, 6) is 0.496. The summed E-state index contributed by atoms with van der Waals surface area (Å²) in [5, 5.41) is 6.22. The SMILES string of the molecule is COc1ccc(NC(=O)NC(C)c2ccc(Cl)cc2)cn1. The third kappa shape index (κ3) is 4.36. The van der Waals surface area contributed by atoms with Gasteiger partial charge in [-0.25, -0.2) is 9.78 Å². The van der Waals surface area contributed by atoms with E-state index in [1.807, 2.05) is 19.1 Å². The first-order valence-corrected chi connectivity index (χ1v) is 6.79. The molecular weight excluding hydrogens is 290 g/mol. The van der Waals surface area contributed by atoms with Gasteiger partial charge in [0.15, 0.2) is 0 Å². The van der Waals surface area contributed by atoms with Crippen molar-refractivity contribution < 1.29 is 9.53 Å². The second-order valence-corrected chi connectivity index (χ2v) is 4.90. The van der Waals surface area contributed by atoms with E-state index >= 15 is 0 Å². The average Bonchev–Trinajstić information content (AvgIpc) is 2.48. The van der Waals surface area contributed by atoms with Crippen molar-refractivity contribution in [1.29, 1.82) is 0 Å². The smallest absolute Gasteiger partial charge is 0.319 e. The molecule has 1 unspecified atom stereocenters. The summed E-state index contributed by atoms with van der Waals surface area (Å²) in [7, 11) is 1.54. The van der Waals surface area contributed by atoms with Gasteiger partial charge in [0.05, 0.1) is 25.0 Å². The molecule has 0 bridgehead atoms. The molecule has 0 radical (unpaired) electrons. The number of nitrogens with zero attached hydrogens (tertiary/aromatic N) is 1. The fourth-order valence-corrected chi connectivity index (χ4v) is 1.90. The Morgan fingerprint density at radius 3 is 2.52 bits per heavy atom. The van der Waals surface area contributed by atoms with Crippen molar-refractivity contribution in [3.05, 3.63) is 53.2 Å². The van der Waals surface area contributed by atoms with Crippen LogP contribution in [0.1, 0.15) is 18.5 Å². The van der Waals surface area contributed by atoms with E-state index in [9.17, 15) is 4.79 Å². The molecule has 0 aliphatic heterocycles. The van der Waals surface area contributed by atoms with Gasteiger partial charge in [0.1, 0.15) is 0 Å². The number of aromatic nitrogens is 1. The largest absolute Gasteiger partial charge is 0.481 e. The molecule has 0 saturated carbocycles. The van der Waals surface area contributed by atoms with Crippen LogP contribution in [0.25, 0.3) is 0 Å². The maximum Gasteiger partial charge on any atom is 0.319 e. The van der Waals surface area contributed by atoms with Crippen LogP contribution in [0.3, 0.4) is 0 Å². The molecule has 1 aromatic carbocycles. The van der Waals surface area contributed by atoms with Crippen molar-refractivity contribution in [3.8, 4) is 5.88 Å². The minimum Gasteiger partial charge on any atom is -0.481 e. The number of hydrogen-bond acceptors (Lipinski definition) is 3. The second kappa shape index (κ2) is 6.95. The van der Waals surface area contributed by atoms with Crippen LogP contribution in [0.15, 0.2) is 42.6 Å². The van der Waals surface area contributed by atoms with E-state index in [1.54, 1.807) is 24.3 Å². The normalized spacial score (nSPS) is 11.6. The van der Waals surface area contributed by atoms with E-state index in [1.165, 1.54) is 13.3 Å². The number of halogens is 1. The van der Waals surface area contributed by atoms with Gasteiger partial charge in [0.25, 0.3) is 0 Å². The van der Waals surface area contributed by atoms with Crippen molar-refractivity contribution in [2.24, 2.45) is 0 Å². The molecule has 5 nitrogen and oxygen atoms in total. The van der Waals surface area contributed by atoms with E-state index in [-0.39, 0.29) is 12.1 Å². The summed E-state index contributed by atoms with van der Waals surface area (Å²) in [6, 6.07) is 10.3. The van der Waals surface area contributed by atoms with Crippen molar-refractivity contribution in [2.75, 3.05) is 12.4 Å². The van der Waals surface area contributed by atoms with Crippen LogP contribution in [0.4, 0.5) is 10.5 Å². The maximum absolute atomic E-state index is 11.9. The van der Waals surface area contributed by atoms with Crippen molar-refractivity contribution in [2.45, 2.75) is 13.0 Å². The lowest BCUT2D eigenvalue weighted by Crippen LogP contribution is -2.31. The number of anilines is 1. The average molecular weight is 306 g/mol. The molecule has 0 spiro atoms. The number of carbonyl (C=O) groups excluding carboxylic acids is 1. The first-order valence-electron chi connectivity index (χ1n) is 6.41. The molecule has 0 aliphatic rings. The molecule has 2 N–H and O–H groups in total. The number of rotatable bonds is 4. The molecule has 2 aromatic rings. The highest BCUT2D eigenvalue weighted by Crippen LogP contribution is 2.16. The lowest BCUT2D eigenvalue weighted by molar-refractivity contribution is 0.249. The highest BCUT2D eigenvalue weighted by atomic mass is 35.5. The molecule has 110 valence electrons. The summed E-state index contributed by atoms with van der Waals surface area (Å²) in [6.07, 6.45) is 1.53. The Morgan fingerprint density at radius 1 is 1.24 bits per heavy atom. The first-order chi connectivity index (χ1) is 10.1. The number of nitrogens with one attached hydrogen (secondary N) is 2. The fourth-order valence-electron chi connectivity index (χ4n) is 1.77. The highest BCUT2D eigenvalue weighted by Gasteiger charge is 2.09. The number of hydrogen-bond donors (Lipinski definition) is 2. The molecular formula is C15H16ClN3O2. The first kappa shape index (κ1) is 15.1. The standard InChI is InChI=1S/C15H16ClN3O2/c1-10(11-3-5-12(16)6-4-11)18-15(20)19-13-7-8-14(21-2)17-9-13/h3-10H,1-2H3,(H2,18,19,20). The third-order valence-corrected chi connectivity index (χ3v) is 3.17. The number of pyridine rings is 1. The van der Waals surface area contributed by atoms with Gasteiger partial charge >= 0.3 is 6.03 Å². The number of urea groups is 1. The molecule has 6 heteroatoms. The second-order valence-electron chi connectivity index (χ2n) is 4.46. The number of amides is 2. The molecule has 1 heterocycles. The molecule has 21 heavy (non-hydrogen) atoms. The lowest BCUT2D eigenvalue weighted by Gasteiger charge is -2.15. The molecule has 0 fully saturated rings. The van der Waals surface area contributed by atoms with Gasteiger partial charge < -0.3 is 15.4 Å². The van der Waals surface area contributed by atoms with Gasteiger partial charge in [0.2, 0.25) is 5.88 Å². The zero-order chi connectivity index (χ0) is 15.2. The van der Waals surface area contributed by atoms with Crippen LogP contribution in [0.2, 0.25) is 5.02 Å². The predicted octanol–water partition coefficient (Wildman–Crippen LogP) is 3.63. The quantitative estimate of drug-likeness (QED) is 0.906. The van der Waals surface area contributed by atoms with Crippen LogP contribution in [-0.2, 0) is 0 Å². The van der Waals surface area contributed by atoms with E-state index in [0.29, 0.717) is 16.6 Å². The zero-order valence-corrected chi connectivity index (χ0v) is 12.5. The van der Waals surface area contributed by atoms with Crippen LogP contribution in [-0.4, -0.2) is 18.1 Å². The van der Waals surface area contributed by atoms with E-state index < -0.39 is 0 Å². The third-order valence-electron chi connectivity index (χ3n) is 2.92. The minimum atomic E-state index is -0.301. The van der Waals surface area contributed by atoms with Crippen molar-refractivity contribution >= 4 is 23.3 Å². The number of carbonyl (C=O) groups is 1. The van der Waals surface area contributed by atoms with Gasteiger partial charge in [0, 0.05) is 11.1 Å². The summed E-state index contributed by atoms with van der Waals surface area (Å²) in [5.41, 5.74) is 1.57. The Morgan fingerprint density at radius 2 is 1.95 bits per heavy atom. The maximum atomic E-state index is 11.9. The highest BCUT2D eigenvalue weighted by molar-refractivity contribution is 6.30. The van der Waals surface area contributed by atoms with Gasteiger partial charge in [-0.3, -0.25) is 0 Å². The fraction of sp³-hybridized carbons (Fsp3) is 0.200. The van der Waals surface area contributed by atoms with Gasteiger partial charge in [-0.1, -0.05) is 23.7 Å². The summed E-state index contributed by atoms with van der Waals surface area (Å²) in [4.78, 5) is 15.9. The van der Waals surface area contributed by atoms with E-state index in [0.717, 1.165) is 5.56 Å². The summed E-state index contributed by atoms with van der Waals surface area (Å²) < 4.78 is 4.96. The Hall–Kier alpha value is -2.27. The topological polar surface area (TPSA) is 63.2 Å².